The van der Waals surface area contributed by atoms with Gasteiger partial charge in [-0.15, -0.1) is 0 Å². The van der Waals surface area contributed by atoms with E-state index in [-0.39, 0.29) is 17.6 Å². The monoisotopic (exact) mass is 458 g/mol. The zero-order valence-electron chi connectivity index (χ0n) is 17.9. The maximum atomic E-state index is 13.4. The lowest BCUT2D eigenvalue weighted by Gasteiger charge is -2.16. The lowest BCUT2D eigenvalue weighted by molar-refractivity contribution is -0.122. The third kappa shape index (κ3) is 4.68. The minimum Gasteiger partial charge on any atom is -0.376 e. The van der Waals surface area contributed by atoms with Gasteiger partial charge in [0, 0.05) is 25.9 Å². The Morgan fingerprint density at radius 1 is 1.39 bits per heavy atom. The molecule has 2 aromatic rings. The first-order valence-corrected chi connectivity index (χ1v) is 11.7. The maximum Gasteiger partial charge on any atom is 0.267 e. The van der Waals surface area contributed by atoms with Crippen molar-refractivity contribution >= 4 is 51.7 Å². The molecule has 0 bridgehead atoms. The first kappa shape index (κ1) is 22.0. The number of rotatable bonds is 6. The quantitative estimate of drug-likeness (QED) is 0.525. The molecule has 2 aromatic heterocycles. The molecule has 7 nitrogen and oxygen atoms in total. The van der Waals surface area contributed by atoms with Gasteiger partial charge in [0.1, 0.15) is 15.8 Å². The Kier molecular flexibility index (Phi) is 6.45. The Morgan fingerprint density at radius 3 is 2.90 bits per heavy atom. The molecule has 0 aliphatic carbocycles. The van der Waals surface area contributed by atoms with E-state index in [4.69, 9.17) is 17.0 Å². The van der Waals surface area contributed by atoms with Gasteiger partial charge in [-0.25, -0.2) is 4.98 Å². The van der Waals surface area contributed by atoms with Crippen LogP contribution in [0.2, 0.25) is 0 Å². The first-order chi connectivity index (χ1) is 14.8. The molecular weight excluding hydrogens is 432 g/mol. The number of thiocarbonyl (C=S) groups is 1. The zero-order valence-corrected chi connectivity index (χ0v) is 19.5. The fraction of sp³-hybridized carbons (Fsp3) is 0.455. The number of amides is 1. The fourth-order valence-electron chi connectivity index (χ4n) is 3.69. The number of aryl methyl sites for hydroxylation is 1. The van der Waals surface area contributed by atoms with Crippen molar-refractivity contribution in [3.05, 3.63) is 44.7 Å². The minimum absolute atomic E-state index is 0.0929. The Labute approximate surface area is 190 Å². The van der Waals surface area contributed by atoms with Gasteiger partial charge in [-0.1, -0.05) is 43.9 Å². The summed E-state index contributed by atoms with van der Waals surface area (Å²) in [6.45, 7) is 7.87. The number of hydrogen-bond donors (Lipinski definition) is 1. The summed E-state index contributed by atoms with van der Waals surface area (Å²) in [5.41, 5.74) is 1.63. The number of anilines is 1. The molecule has 164 valence electrons. The van der Waals surface area contributed by atoms with Gasteiger partial charge in [0.25, 0.3) is 11.5 Å². The first-order valence-electron chi connectivity index (χ1n) is 10.5. The maximum absolute atomic E-state index is 13.4. The molecule has 4 heterocycles. The van der Waals surface area contributed by atoms with Gasteiger partial charge in [-0.05, 0) is 43.4 Å². The van der Waals surface area contributed by atoms with Crippen molar-refractivity contribution in [2.45, 2.75) is 39.7 Å². The molecule has 1 amide bonds. The molecular formula is C22H26N4O3S2. The molecule has 0 aromatic carbocycles. The van der Waals surface area contributed by atoms with Crippen LogP contribution in [-0.4, -0.2) is 50.3 Å². The van der Waals surface area contributed by atoms with E-state index in [0.717, 1.165) is 25.0 Å². The highest BCUT2D eigenvalue weighted by Gasteiger charge is 2.33. The van der Waals surface area contributed by atoms with Crippen LogP contribution in [0, 0.1) is 12.8 Å². The van der Waals surface area contributed by atoms with Crippen LogP contribution in [0.5, 0.6) is 0 Å². The third-order valence-electron chi connectivity index (χ3n) is 5.22. The van der Waals surface area contributed by atoms with Crippen LogP contribution >= 0.6 is 24.0 Å². The predicted molar refractivity (Wildman–Crippen MR) is 128 cm³/mol. The van der Waals surface area contributed by atoms with Crippen LogP contribution in [0.3, 0.4) is 0 Å². The van der Waals surface area contributed by atoms with E-state index in [1.165, 1.54) is 16.2 Å². The van der Waals surface area contributed by atoms with Crippen molar-refractivity contribution in [2.24, 2.45) is 5.92 Å². The van der Waals surface area contributed by atoms with Crippen molar-refractivity contribution in [1.82, 2.24) is 14.3 Å². The highest BCUT2D eigenvalue weighted by Crippen LogP contribution is 2.33. The highest BCUT2D eigenvalue weighted by atomic mass is 32.2. The molecule has 1 N–H and O–H groups in total. The Bertz CT molecular complexity index is 1120. The van der Waals surface area contributed by atoms with Gasteiger partial charge in [0.05, 0.1) is 16.6 Å². The van der Waals surface area contributed by atoms with Crippen LogP contribution in [0.4, 0.5) is 5.82 Å². The van der Waals surface area contributed by atoms with Gasteiger partial charge >= 0.3 is 0 Å². The van der Waals surface area contributed by atoms with Crippen LogP contribution in [-0.2, 0) is 9.53 Å². The van der Waals surface area contributed by atoms with Gasteiger partial charge < -0.3 is 10.1 Å². The smallest absolute Gasteiger partial charge is 0.267 e. The SMILES string of the molecule is Cc1ccc2nc(NCC3CCCO3)c(/C=C3/SC(=S)N(CC(C)C)C3=O)c(=O)n2c1. The number of aromatic nitrogens is 2. The molecule has 2 saturated heterocycles. The average molecular weight is 459 g/mol. The van der Waals surface area contributed by atoms with Crippen LogP contribution in [0.25, 0.3) is 11.7 Å². The van der Waals surface area contributed by atoms with Crippen molar-refractivity contribution in [3.8, 4) is 0 Å². The average Bonchev–Trinajstić information content (AvgIpc) is 3.33. The summed E-state index contributed by atoms with van der Waals surface area (Å²) in [7, 11) is 0. The van der Waals surface area contributed by atoms with Crippen molar-refractivity contribution in [1.29, 1.82) is 0 Å². The Balaban J connectivity index is 1.75. The summed E-state index contributed by atoms with van der Waals surface area (Å²) in [6, 6.07) is 3.74. The molecule has 4 rings (SSSR count). The van der Waals surface area contributed by atoms with E-state index in [2.05, 4.69) is 10.3 Å². The summed E-state index contributed by atoms with van der Waals surface area (Å²) in [4.78, 5) is 33.0. The van der Waals surface area contributed by atoms with Crippen molar-refractivity contribution < 1.29 is 9.53 Å². The summed E-state index contributed by atoms with van der Waals surface area (Å²) < 4.78 is 7.73. The van der Waals surface area contributed by atoms with Gasteiger partial charge in [0.15, 0.2) is 0 Å². The number of nitrogens with zero attached hydrogens (tertiary/aromatic N) is 3. The lowest BCUT2D eigenvalue weighted by Crippen LogP contribution is -2.31. The number of ether oxygens (including phenoxy) is 1. The van der Waals surface area contributed by atoms with Gasteiger partial charge in [0.2, 0.25) is 0 Å². The van der Waals surface area contributed by atoms with Crippen LogP contribution in [0.1, 0.15) is 37.8 Å². The normalized spacial score (nSPS) is 20.6. The second-order valence-electron chi connectivity index (χ2n) is 8.32. The van der Waals surface area contributed by atoms with E-state index >= 15 is 0 Å². The number of hydrogen-bond acceptors (Lipinski definition) is 7. The standard InChI is InChI=1S/C22H26N4O3S2/c1-13(2)11-26-21(28)17(31-22(26)30)9-16-19(23-10-15-5-4-8-29-15)24-18-7-6-14(3)12-25(18)20(16)27/h6-7,9,12-13,15,23H,4-5,8,10-11H2,1-3H3/b17-9+. The second kappa shape index (κ2) is 9.10. The minimum atomic E-state index is -0.224. The second-order valence-corrected chi connectivity index (χ2v) is 9.99. The predicted octanol–water partition coefficient (Wildman–Crippen LogP) is 3.45. The number of thioether (sulfide) groups is 1. The van der Waals surface area contributed by atoms with E-state index < -0.39 is 0 Å². The molecule has 0 radical (unpaired) electrons. The molecule has 2 aliphatic rings. The molecule has 0 spiro atoms. The number of carbonyl (C=O) groups excluding carboxylic acids is 1. The molecule has 31 heavy (non-hydrogen) atoms. The summed E-state index contributed by atoms with van der Waals surface area (Å²) in [5, 5.41) is 3.29. The summed E-state index contributed by atoms with van der Waals surface area (Å²) in [6.07, 6.45) is 5.49. The number of pyridine rings is 1. The largest absolute Gasteiger partial charge is 0.376 e. The number of carbonyl (C=O) groups is 1. The molecule has 2 aliphatic heterocycles. The Hall–Kier alpha value is -2.23. The Morgan fingerprint density at radius 2 is 2.19 bits per heavy atom. The van der Waals surface area contributed by atoms with Crippen LogP contribution < -0.4 is 10.9 Å². The molecule has 9 heteroatoms. The zero-order chi connectivity index (χ0) is 22.1. The lowest BCUT2D eigenvalue weighted by atomic mass is 10.2. The molecule has 2 fully saturated rings. The van der Waals surface area contributed by atoms with E-state index in [9.17, 15) is 9.59 Å². The summed E-state index contributed by atoms with van der Waals surface area (Å²) >= 11 is 6.64. The molecule has 0 saturated carbocycles. The highest BCUT2D eigenvalue weighted by molar-refractivity contribution is 8.26. The van der Waals surface area contributed by atoms with Gasteiger partial charge in [-0.2, -0.15) is 0 Å². The van der Waals surface area contributed by atoms with E-state index in [0.29, 0.717) is 45.3 Å². The van der Waals surface area contributed by atoms with Crippen molar-refractivity contribution in [2.75, 3.05) is 25.0 Å². The topological polar surface area (TPSA) is 75.9 Å². The molecule has 1 atom stereocenters. The van der Waals surface area contributed by atoms with Crippen molar-refractivity contribution in [3.63, 3.8) is 0 Å². The number of nitrogens with one attached hydrogen (secondary N) is 1. The molecule has 1 unspecified atom stereocenters. The number of fused-ring (bicyclic) bond motifs is 1. The van der Waals surface area contributed by atoms with E-state index in [1.807, 2.05) is 32.9 Å². The van der Waals surface area contributed by atoms with Gasteiger partial charge in [-0.3, -0.25) is 18.9 Å². The summed E-state index contributed by atoms with van der Waals surface area (Å²) in [5.74, 6) is 0.586. The van der Waals surface area contributed by atoms with Crippen LogP contribution in [0.15, 0.2) is 28.0 Å². The third-order valence-corrected chi connectivity index (χ3v) is 6.60. The van der Waals surface area contributed by atoms with E-state index in [1.54, 1.807) is 17.2 Å². The fourth-order valence-corrected chi connectivity index (χ4v) is 4.95.